The van der Waals surface area contributed by atoms with Crippen molar-refractivity contribution in [2.75, 3.05) is 0 Å². The van der Waals surface area contributed by atoms with Crippen molar-refractivity contribution in [1.29, 1.82) is 5.26 Å². The third-order valence-electron chi connectivity index (χ3n) is 1.69. The molecule has 0 radical (unpaired) electrons. The van der Waals surface area contributed by atoms with E-state index in [-0.39, 0.29) is 0 Å². The van der Waals surface area contributed by atoms with Gasteiger partial charge in [0.05, 0.1) is 4.47 Å². The second-order valence-electron chi connectivity index (χ2n) is 4.20. The van der Waals surface area contributed by atoms with Crippen LogP contribution < -0.4 is 0 Å². The first kappa shape index (κ1) is 14.7. The van der Waals surface area contributed by atoms with Crippen LogP contribution in [0.5, 0.6) is 0 Å². The first-order valence-corrected chi connectivity index (χ1v) is 6.95. The van der Waals surface area contributed by atoms with Crippen LogP contribution >= 0.6 is 47.8 Å². The molecule has 0 saturated carbocycles. The van der Waals surface area contributed by atoms with E-state index in [9.17, 15) is 4.79 Å². The highest BCUT2D eigenvalue weighted by molar-refractivity contribution is 9.13. The van der Waals surface area contributed by atoms with E-state index in [1.54, 1.807) is 20.8 Å². The Bertz CT molecular complexity index is 509. The summed E-state index contributed by atoms with van der Waals surface area (Å²) < 4.78 is 7.78. The molecule has 0 unspecified atom stereocenters. The average Bonchev–Trinajstić information content (AvgIpc) is 2.35. The third-order valence-corrected chi connectivity index (χ3v) is 4.49. The number of ether oxygens (including phenoxy) is 1. The van der Waals surface area contributed by atoms with Crippen molar-refractivity contribution in [3.8, 4) is 6.07 Å². The van der Waals surface area contributed by atoms with Crippen LogP contribution in [0.1, 0.15) is 26.3 Å². The summed E-state index contributed by atoms with van der Waals surface area (Å²) in [6, 6.07) is 1.99. The van der Waals surface area contributed by atoms with E-state index in [0.29, 0.717) is 19.2 Å². The van der Waals surface area contributed by atoms with Gasteiger partial charge in [-0.25, -0.2) is 9.36 Å². The van der Waals surface area contributed by atoms with Gasteiger partial charge in [0.25, 0.3) is 0 Å². The fourth-order valence-electron chi connectivity index (χ4n) is 1.05. The van der Waals surface area contributed by atoms with Gasteiger partial charge in [-0.1, -0.05) is 0 Å². The molecule has 0 bridgehead atoms. The van der Waals surface area contributed by atoms with Crippen LogP contribution in [-0.2, 0) is 4.74 Å². The third kappa shape index (κ3) is 3.12. The van der Waals surface area contributed by atoms with Crippen molar-refractivity contribution in [3.05, 3.63) is 19.2 Å². The Hall–Kier alpha value is -0.320. The standard InChI is InChI=1S/C10H9Br3N2O2/c1-10(2,3)17-9(16)15-7(12)5(4-14)6(11)8(15)13/h1-3H3. The summed E-state index contributed by atoms with van der Waals surface area (Å²) in [6.45, 7) is 5.32. The molecule has 0 saturated heterocycles. The fraction of sp³-hybridized carbons (Fsp3) is 0.400. The van der Waals surface area contributed by atoms with Gasteiger partial charge in [-0.05, 0) is 68.6 Å². The molecule has 1 aromatic heterocycles. The van der Waals surface area contributed by atoms with Crippen LogP contribution in [0.2, 0.25) is 0 Å². The second kappa shape index (κ2) is 5.12. The predicted molar refractivity (Wildman–Crippen MR) is 73.9 cm³/mol. The van der Waals surface area contributed by atoms with Gasteiger partial charge in [-0.2, -0.15) is 5.26 Å². The van der Waals surface area contributed by atoms with Crippen LogP contribution in [0.4, 0.5) is 4.79 Å². The molecule has 4 nitrogen and oxygen atoms in total. The van der Waals surface area contributed by atoms with Crippen molar-refractivity contribution >= 4 is 53.9 Å². The zero-order chi connectivity index (χ0) is 13.4. The van der Waals surface area contributed by atoms with Crippen LogP contribution in [0.3, 0.4) is 0 Å². The number of carbonyl (C=O) groups is 1. The Morgan fingerprint density at radius 3 is 2.18 bits per heavy atom. The van der Waals surface area contributed by atoms with Crippen molar-refractivity contribution in [1.82, 2.24) is 4.57 Å². The fourth-order valence-corrected chi connectivity index (χ4v) is 3.14. The van der Waals surface area contributed by atoms with Gasteiger partial charge in [0.1, 0.15) is 26.4 Å². The Kier molecular flexibility index (Phi) is 4.44. The molecule has 7 heteroatoms. The minimum Gasteiger partial charge on any atom is -0.443 e. The minimum absolute atomic E-state index is 0.336. The number of hydrogen-bond acceptors (Lipinski definition) is 3. The normalized spacial score (nSPS) is 11.1. The van der Waals surface area contributed by atoms with Crippen molar-refractivity contribution in [2.24, 2.45) is 0 Å². The molecule has 1 aromatic rings. The Morgan fingerprint density at radius 2 is 1.82 bits per heavy atom. The smallest absolute Gasteiger partial charge is 0.420 e. The SMILES string of the molecule is CC(C)(C)OC(=O)n1c(Br)c(Br)c(C#N)c1Br. The lowest BCUT2D eigenvalue weighted by molar-refractivity contribution is 0.0530. The van der Waals surface area contributed by atoms with Gasteiger partial charge in [-0.3, -0.25) is 0 Å². The van der Waals surface area contributed by atoms with E-state index in [1.807, 2.05) is 6.07 Å². The highest BCUT2D eigenvalue weighted by Gasteiger charge is 2.26. The number of rotatable bonds is 0. The predicted octanol–water partition coefficient (Wildman–Crippen LogP) is 4.43. The van der Waals surface area contributed by atoms with Crippen molar-refractivity contribution in [3.63, 3.8) is 0 Å². The van der Waals surface area contributed by atoms with E-state index < -0.39 is 11.7 Å². The van der Waals surface area contributed by atoms with E-state index in [0.717, 1.165) is 0 Å². The minimum atomic E-state index is -0.598. The van der Waals surface area contributed by atoms with E-state index in [2.05, 4.69) is 47.8 Å². The first-order chi connectivity index (χ1) is 7.69. The van der Waals surface area contributed by atoms with Crippen LogP contribution in [0.25, 0.3) is 0 Å². The van der Waals surface area contributed by atoms with Gasteiger partial charge < -0.3 is 4.74 Å². The number of carbonyl (C=O) groups excluding carboxylic acids is 1. The van der Waals surface area contributed by atoms with Gasteiger partial charge in [0, 0.05) is 0 Å². The molecule has 0 fully saturated rings. The maximum absolute atomic E-state index is 11.9. The number of nitrogens with zero attached hydrogens (tertiary/aromatic N) is 2. The lowest BCUT2D eigenvalue weighted by Gasteiger charge is -2.20. The van der Waals surface area contributed by atoms with Crippen LogP contribution in [-0.4, -0.2) is 16.3 Å². The molecule has 0 N–H and O–H groups in total. The van der Waals surface area contributed by atoms with E-state index >= 15 is 0 Å². The molecule has 0 aromatic carbocycles. The molecule has 1 heterocycles. The Balaban J connectivity index is 3.25. The van der Waals surface area contributed by atoms with Gasteiger partial charge >= 0.3 is 6.09 Å². The van der Waals surface area contributed by atoms with Crippen molar-refractivity contribution < 1.29 is 9.53 Å². The summed E-state index contributed by atoms with van der Waals surface area (Å²) in [7, 11) is 0. The van der Waals surface area contributed by atoms with Gasteiger partial charge in [-0.15, -0.1) is 0 Å². The molecular weight excluding hydrogens is 420 g/mol. The van der Waals surface area contributed by atoms with Gasteiger partial charge in [0.2, 0.25) is 0 Å². The molecule has 17 heavy (non-hydrogen) atoms. The summed E-state index contributed by atoms with van der Waals surface area (Å²) in [4.78, 5) is 11.9. The quantitative estimate of drug-likeness (QED) is 0.614. The summed E-state index contributed by atoms with van der Waals surface area (Å²) in [5, 5.41) is 8.96. The summed E-state index contributed by atoms with van der Waals surface area (Å²) in [6.07, 6.45) is -0.557. The zero-order valence-corrected chi connectivity index (χ0v) is 14.1. The first-order valence-electron chi connectivity index (χ1n) is 4.57. The molecule has 0 atom stereocenters. The molecule has 0 aliphatic carbocycles. The number of nitriles is 1. The molecular formula is C10H9Br3N2O2. The number of aromatic nitrogens is 1. The molecule has 0 aliphatic rings. The average molecular weight is 429 g/mol. The van der Waals surface area contributed by atoms with Crippen LogP contribution in [0.15, 0.2) is 13.7 Å². The second-order valence-corrected chi connectivity index (χ2v) is 6.49. The largest absolute Gasteiger partial charge is 0.443 e. The van der Waals surface area contributed by atoms with Crippen LogP contribution in [0, 0.1) is 11.3 Å². The molecule has 1 rings (SSSR count). The Labute approximate surface area is 124 Å². The molecule has 92 valence electrons. The topological polar surface area (TPSA) is 55.0 Å². The van der Waals surface area contributed by atoms with Gasteiger partial charge in [0.15, 0.2) is 0 Å². The Morgan fingerprint density at radius 1 is 1.29 bits per heavy atom. The summed E-state index contributed by atoms with van der Waals surface area (Å²) in [5.74, 6) is 0. The monoisotopic (exact) mass is 426 g/mol. The summed E-state index contributed by atoms with van der Waals surface area (Å²) >= 11 is 9.67. The summed E-state index contributed by atoms with van der Waals surface area (Å²) in [5.41, 5.74) is -0.262. The highest BCUT2D eigenvalue weighted by atomic mass is 79.9. The van der Waals surface area contributed by atoms with E-state index in [1.165, 1.54) is 4.57 Å². The number of hydrogen-bond donors (Lipinski definition) is 0. The number of halogens is 3. The maximum Gasteiger partial charge on any atom is 0.420 e. The maximum atomic E-state index is 11.9. The lowest BCUT2D eigenvalue weighted by Crippen LogP contribution is -2.27. The molecule has 0 spiro atoms. The molecule has 0 amide bonds. The molecule has 0 aliphatic heterocycles. The van der Waals surface area contributed by atoms with E-state index in [4.69, 9.17) is 10.00 Å². The zero-order valence-electron chi connectivity index (χ0n) is 9.34. The lowest BCUT2D eigenvalue weighted by atomic mass is 10.2. The highest BCUT2D eigenvalue weighted by Crippen LogP contribution is 2.35. The van der Waals surface area contributed by atoms with Crippen molar-refractivity contribution in [2.45, 2.75) is 26.4 Å².